The quantitative estimate of drug-likeness (QED) is 0.698. The van der Waals surface area contributed by atoms with E-state index >= 15 is 0 Å². The number of carbonyl (C=O) groups excluding carboxylic acids is 2. The third kappa shape index (κ3) is 5.34. The Morgan fingerprint density at radius 1 is 1.00 bits per heavy atom. The van der Waals surface area contributed by atoms with Crippen molar-refractivity contribution in [2.75, 3.05) is 22.5 Å². The topological polar surface area (TPSA) is 70.2 Å². The van der Waals surface area contributed by atoms with E-state index < -0.39 is 0 Å². The molecule has 0 bridgehead atoms. The maximum absolute atomic E-state index is 12.3. The van der Waals surface area contributed by atoms with Gasteiger partial charge in [0.05, 0.1) is 6.54 Å². The van der Waals surface area contributed by atoms with Gasteiger partial charge in [-0.25, -0.2) is 0 Å². The first-order valence-electron chi connectivity index (χ1n) is 8.93. The predicted octanol–water partition coefficient (Wildman–Crippen LogP) is 4.20. The molecule has 0 aliphatic carbocycles. The van der Waals surface area contributed by atoms with Crippen LogP contribution in [0.15, 0.2) is 42.5 Å². The number of amides is 2. The fourth-order valence-corrected chi connectivity index (χ4v) is 2.61. The molecule has 138 valence electrons. The molecule has 2 amide bonds. The second-order valence-corrected chi connectivity index (χ2v) is 6.59. The predicted molar refractivity (Wildman–Crippen MR) is 108 cm³/mol. The summed E-state index contributed by atoms with van der Waals surface area (Å²) in [6.45, 7) is 7.98. The fourth-order valence-electron chi connectivity index (χ4n) is 2.61. The summed E-state index contributed by atoms with van der Waals surface area (Å²) in [6, 6.07) is 13.3. The summed E-state index contributed by atoms with van der Waals surface area (Å²) >= 11 is 0. The maximum Gasteiger partial charge on any atom is 0.243 e. The summed E-state index contributed by atoms with van der Waals surface area (Å²) in [5, 5.41) is 8.92. The summed E-state index contributed by atoms with van der Waals surface area (Å²) < 4.78 is 0. The lowest BCUT2D eigenvalue weighted by atomic mass is 10.1. The molecule has 0 saturated carbocycles. The SMILES string of the molecule is CCc1cccc(C)c1NCC(=O)Nc1cccc(NC(=O)C(C)C)c1. The van der Waals surface area contributed by atoms with Crippen molar-refractivity contribution in [1.29, 1.82) is 0 Å². The molecule has 2 aromatic carbocycles. The number of para-hydroxylation sites is 1. The smallest absolute Gasteiger partial charge is 0.243 e. The molecule has 0 aromatic heterocycles. The van der Waals surface area contributed by atoms with Gasteiger partial charge < -0.3 is 16.0 Å². The normalized spacial score (nSPS) is 10.5. The first-order chi connectivity index (χ1) is 12.4. The molecular formula is C21H27N3O2. The van der Waals surface area contributed by atoms with E-state index in [1.54, 1.807) is 24.3 Å². The van der Waals surface area contributed by atoms with Gasteiger partial charge in [-0.1, -0.05) is 45.0 Å². The molecule has 3 N–H and O–H groups in total. The lowest BCUT2D eigenvalue weighted by molar-refractivity contribution is -0.119. The summed E-state index contributed by atoms with van der Waals surface area (Å²) in [7, 11) is 0. The molecule has 5 heteroatoms. The molecule has 0 aliphatic rings. The van der Waals surface area contributed by atoms with E-state index in [1.807, 2.05) is 32.9 Å². The highest BCUT2D eigenvalue weighted by molar-refractivity contribution is 5.96. The zero-order chi connectivity index (χ0) is 19.1. The van der Waals surface area contributed by atoms with Crippen LogP contribution in [0.25, 0.3) is 0 Å². The van der Waals surface area contributed by atoms with Gasteiger partial charge in [-0.3, -0.25) is 9.59 Å². The summed E-state index contributed by atoms with van der Waals surface area (Å²) in [5.74, 6) is -0.288. The molecule has 5 nitrogen and oxygen atoms in total. The number of rotatable bonds is 7. The van der Waals surface area contributed by atoms with Crippen LogP contribution in [0.4, 0.5) is 17.1 Å². The molecule has 0 heterocycles. The van der Waals surface area contributed by atoms with Gasteiger partial charge in [0, 0.05) is 23.0 Å². The Bertz CT molecular complexity index is 785. The maximum atomic E-state index is 12.3. The van der Waals surface area contributed by atoms with Crippen molar-refractivity contribution in [3.05, 3.63) is 53.6 Å². The van der Waals surface area contributed by atoms with Crippen LogP contribution in [0.1, 0.15) is 31.9 Å². The minimum absolute atomic E-state index is 0.0539. The minimum Gasteiger partial charge on any atom is -0.376 e. The van der Waals surface area contributed by atoms with E-state index in [0.717, 1.165) is 17.7 Å². The molecular weight excluding hydrogens is 326 g/mol. The summed E-state index contributed by atoms with van der Waals surface area (Å²) in [4.78, 5) is 24.1. The Balaban J connectivity index is 1.97. The molecule has 0 unspecified atom stereocenters. The second kappa shape index (κ2) is 9.04. The van der Waals surface area contributed by atoms with Crippen molar-refractivity contribution in [3.8, 4) is 0 Å². The van der Waals surface area contributed by atoms with Crippen LogP contribution in [0, 0.1) is 12.8 Å². The average Bonchev–Trinajstić information content (AvgIpc) is 2.60. The van der Waals surface area contributed by atoms with Gasteiger partial charge in [0.1, 0.15) is 0 Å². The van der Waals surface area contributed by atoms with Crippen LogP contribution in [0.3, 0.4) is 0 Å². The number of aryl methyl sites for hydroxylation is 2. The van der Waals surface area contributed by atoms with Crippen molar-refractivity contribution >= 4 is 28.9 Å². The van der Waals surface area contributed by atoms with Gasteiger partial charge in [0.25, 0.3) is 0 Å². The van der Waals surface area contributed by atoms with Gasteiger partial charge in [-0.2, -0.15) is 0 Å². The van der Waals surface area contributed by atoms with Crippen molar-refractivity contribution in [1.82, 2.24) is 0 Å². The second-order valence-electron chi connectivity index (χ2n) is 6.59. The molecule has 2 aromatic rings. The van der Waals surface area contributed by atoms with E-state index in [2.05, 4.69) is 28.9 Å². The Kier molecular flexibility index (Phi) is 6.78. The molecule has 0 aliphatic heterocycles. The lowest BCUT2D eigenvalue weighted by Crippen LogP contribution is -2.23. The highest BCUT2D eigenvalue weighted by Gasteiger charge is 2.09. The van der Waals surface area contributed by atoms with Crippen molar-refractivity contribution in [2.45, 2.75) is 34.1 Å². The third-order valence-corrected chi connectivity index (χ3v) is 4.10. The van der Waals surface area contributed by atoms with Crippen LogP contribution in [0.5, 0.6) is 0 Å². The standard InChI is InChI=1S/C21H27N3O2/c1-5-16-9-6-8-15(4)20(16)22-13-19(25)23-17-10-7-11-18(12-17)24-21(26)14(2)3/h6-12,14,22H,5,13H2,1-4H3,(H,23,25)(H,24,26). The monoisotopic (exact) mass is 353 g/mol. The first kappa shape index (κ1) is 19.5. The van der Waals surface area contributed by atoms with Crippen LogP contribution in [-0.4, -0.2) is 18.4 Å². The fraction of sp³-hybridized carbons (Fsp3) is 0.333. The molecule has 26 heavy (non-hydrogen) atoms. The number of anilines is 3. The van der Waals surface area contributed by atoms with Gasteiger partial charge in [-0.05, 0) is 42.7 Å². The molecule has 0 atom stereocenters. The van der Waals surface area contributed by atoms with E-state index in [-0.39, 0.29) is 24.3 Å². The van der Waals surface area contributed by atoms with Crippen LogP contribution in [-0.2, 0) is 16.0 Å². The molecule has 2 rings (SSSR count). The van der Waals surface area contributed by atoms with Gasteiger partial charge in [-0.15, -0.1) is 0 Å². The summed E-state index contributed by atoms with van der Waals surface area (Å²) in [5.41, 5.74) is 4.65. The van der Waals surface area contributed by atoms with E-state index in [9.17, 15) is 9.59 Å². The van der Waals surface area contributed by atoms with E-state index in [4.69, 9.17) is 0 Å². The molecule has 0 spiro atoms. The van der Waals surface area contributed by atoms with Crippen LogP contribution < -0.4 is 16.0 Å². The van der Waals surface area contributed by atoms with E-state index in [0.29, 0.717) is 11.4 Å². The van der Waals surface area contributed by atoms with Crippen LogP contribution >= 0.6 is 0 Å². The zero-order valence-corrected chi connectivity index (χ0v) is 15.8. The largest absolute Gasteiger partial charge is 0.376 e. The third-order valence-electron chi connectivity index (χ3n) is 4.10. The Hall–Kier alpha value is -2.82. The molecule has 0 fully saturated rings. The number of benzene rings is 2. The van der Waals surface area contributed by atoms with Crippen molar-refractivity contribution in [2.24, 2.45) is 5.92 Å². The highest BCUT2D eigenvalue weighted by atomic mass is 16.2. The zero-order valence-electron chi connectivity index (χ0n) is 15.8. The van der Waals surface area contributed by atoms with Crippen molar-refractivity contribution < 1.29 is 9.59 Å². The molecule has 0 radical (unpaired) electrons. The van der Waals surface area contributed by atoms with E-state index in [1.165, 1.54) is 5.56 Å². The van der Waals surface area contributed by atoms with Gasteiger partial charge in [0.2, 0.25) is 11.8 Å². The van der Waals surface area contributed by atoms with Crippen LogP contribution in [0.2, 0.25) is 0 Å². The number of nitrogens with one attached hydrogen (secondary N) is 3. The minimum atomic E-state index is -0.136. The Morgan fingerprint density at radius 3 is 2.31 bits per heavy atom. The van der Waals surface area contributed by atoms with Gasteiger partial charge >= 0.3 is 0 Å². The average molecular weight is 353 g/mol. The Morgan fingerprint density at radius 2 is 1.65 bits per heavy atom. The summed E-state index contributed by atoms with van der Waals surface area (Å²) in [6.07, 6.45) is 0.906. The highest BCUT2D eigenvalue weighted by Crippen LogP contribution is 2.21. The first-order valence-corrected chi connectivity index (χ1v) is 8.93. The lowest BCUT2D eigenvalue weighted by Gasteiger charge is -2.14. The molecule has 0 saturated heterocycles. The number of hydrogen-bond acceptors (Lipinski definition) is 3. The number of hydrogen-bond donors (Lipinski definition) is 3. The Labute approximate surface area is 155 Å². The van der Waals surface area contributed by atoms with Crippen molar-refractivity contribution in [3.63, 3.8) is 0 Å². The van der Waals surface area contributed by atoms with Gasteiger partial charge in [0.15, 0.2) is 0 Å². The number of carbonyl (C=O) groups is 2.